The van der Waals surface area contributed by atoms with Crippen molar-refractivity contribution in [2.75, 3.05) is 19.0 Å². The first-order valence-corrected chi connectivity index (χ1v) is 16.1. The van der Waals surface area contributed by atoms with E-state index < -0.39 is 32.5 Å². The fraction of sp³-hybridized carbons (Fsp3) is 0.345. The minimum atomic E-state index is -4.17. The van der Waals surface area contributed by atoms with Crippen molar-refractivity contribution in [1.29, 1.82) is 0 Å². The molecule has 3 aromatic carbocycles. The number of hydrogen-bond donors (Lipinski definition) is 2. The average molecular weight is 586 g/mol. The maximum Gasteiger partial charge on any atom is 0.243 e. The van der Waals surface area contributed by atoms with Crippen LogP contribution in [0.3, 0.4) is 0 Å². The lowest BCUT2D eigenvalue weighted by Gasteiger charge is -2.29. The summed E-state index contributed by atoms with van der Waals surface area (Å²) < 4.78 is 62.5. The number of benzene rings is 3. The van der Waals surface area contributed by atoms with Gasteiger partial charge in [0.05, 0.1) is 23.4 Å². The van der Waals surface area contributed by atoms with Crippen molar-refractivity contribution in [3.8, 4) is 5.75 Å². The Kier molecular flexibility index (Phi) is 9.62. The predicted molar refractivity (Wildman–Crippen MR) is 154 cm³/mol. The second kappa shape index (κ2) is 12.9. The predicted octanol–water partition coefficient (Wildman–Crippen LogP) is 4.38. The van der Waals surface area contributed by atoms with Crippen molar-refractivity contribution in [3.63, 3.8) is 0 Å². The molecule has 1 fully saturated rings. The molecule has 0 aromatic heterocycles. The molecule has 0 saturated heterocycles. The number of rotatable bonds is 11. The van der Waals surface area contributed by atoms with Gasteiger partial charge in [-0.25, -0.2) is 21.6 Å². The molecular weight excluding hydrogens is 550 g/mol. The highest BCUT2D eigenvalue weighted by molar-refractivity contribution is 7.89. The van der Waals surface area contributed by atoms with E-state index in [-0.39, 0.29) is 28.3 Å². The molecule has 1 amide bonds. The van der Waals surface area contributed by atoms with Crippen LogP contribution in [0.2, 0.25) is 0 Å². The second-order valence-electron chi connectivity index (χ2n) is 10.00. The molecule has 0 bridgehead atoms. The summed E-state index contributed by atoms with van der Waals surface area (Å²) in [5.74, 6) is 0.345. The minimum Gasteiger partial charge on any atom is -0.497 e. The minimum absolute atomic E-state index is 0.00671. The first kappa shape index (κ1) is 29.7. The Labute approximate surface area is 236 Å². The van der Waals surface area contributed by atoms with Gasteiger partial charge in [0.2, 0.25) is 26.0 Å². The molecule has 214 valence electrons. The number of sulfonamides is 2. The lowest BCUT2D eigenvalue weighted by Crippen LogP contribution is -2.41. The van der Waals surface area contributed by atoms with Crippen molar-refractivity contribution < 1.29 is 26.4 Å². The van der Waals surface area contributed by atoms with Gasteiger partial charge in [0, 0.05) is 18.3 Å². The Bertz CT molecular complexity index is 1490. The number of ether oxygens (including phenoxy) is 1. The molecule has 1 aliphatic carbocycles. The molecule has 1 saturated carbocycles. The van der Waals surface area contributed by atoms with Crippen molar-refractivity contribution in [2.24, 2.45) is 5.92 Å². The maximum atomic E-state index is 13.7. The molecule has 0 unspecified atom stereocenters. The van der Waals surface area contributed by atoms with Crippen molar-refractivity contribution in [3.05, 3.63) is 84.4 Å². The van der Waals surface area contributed by atoms with Crippen LogP contribution in [0.4, 0.5) is 5.69 Å². The number of carbonyl (C=O) groups excluding carboxylic acids is 1. The Hall–Kier alpha value is -3.25. The number of para-hydroxylation sites is 1. The summed E-state index contributed by atoms with van der Waals surface area (Å²) in [5, 5.41) is 2.72. The van der Waals surface area contributed by atoms with Gasteiger partial charge in [-0.1, -0.05) is 50.1 Å². The number of amides is 1. The van der Waals surface area contributed by atoms with Crippen LogP contribution in [0.25, 0.3) is 0 Å². The van der Waals surface area contributed by atoms with Crippen LogP contribution in [0.15, 0.2) is 88.7 Å². The molecule has 2 N–H and O–H groups in total. The molecule has 0 spiro atoms. The van der Waals surface area contributed by atoms with Crippen LogP contribution in [-0.4, -0.2) is 46.7 Å². The largest absolute Gasteiger partial charge is 0.497 e. The Morgan fingerprint density at radius 1 is 0.875 bits per heavy atom. The fourth-order valence-electron chi connectivity index (χ4n) is 4.74. The van der Waals surface area contributed by atoms with Gasteiger partial charge >= 0.3 is 0 Å². The van der Waals surface area contributed by atoms with Gasteiger partial charge in [-0.05, 0) is 72.9 Å². The number of anilines is 1. The number of carbonyl (C=O) groups is 1. The van der Waals surface area contributed by atoms with E-state index in [1.165, 1.54) is 31.4 Å². The highest BCUT2D eigenvalue weighted by Gasteiger charge is 2.29. The molecule has 0 heterocycles. The lowest BCUT2D eigenvalue weighted by atomic mass is 9.87. The van der Waals surface area contributed by atoms with E-state index in [4.69, 9.17) is 4.74 Å². The molecule has 1 aliphatic rings. The van der Waals surface area contributed by atoms with Crippen LogP contribution >= 0.6 is 0 Å². The quantitative estimate of drug-likeness (QED) is 0.344. The van der Waals surface area contributed by atoms with E-state index >= 15 is 0 Å². The van der Waals surface area contributed by atoms with Crippen LogP contribution in [-0.2, 0) is 31.4 Å². The fourth-order valence-corrected chi connectivity index (χ4v) is 7.50. The zero-order chi connectivity index (χ0) is 28.8. The first-order chi connectivity index (χ1) is 19.1. The van der Waals surface area contributed by atoms with Gasteiger partial charge in [-0.15, -0.1) is 0 Å². The standard InChI is InChI=1S/C29H35N3O6S2/c1-22-8-6-7-11-28(22)31-39(34,35)26-16-18-27(19-17-26)40(36,37)32(20-23-12-14-25(38-2)15-13-23)21-29(33)30-24-9-4-3-5-10-24/h3-5,9-10,12-19,22,28,31H,6-8,11,20-21H2,1-2H3,(H,30,33)/t22-,28-/m1/s1. The monoisotopic (exact) mass is 585 g/mol. The van der Waals surface area contributed by atoms with Crippen LogP contribution in [0, 0.1) is 5.92 Å². The lowest BCUT2D eigenvalue weighted by molar-refractivity contribution is -0.116. The average Bonchev–Trinajstić information content (AvgIpc) is 2.95. The molecule has 11 heteroatoms. The van der Waals surface area contributed by atoms with Crippen molar-refractivity contribution >= 4 is 31.6 Å². The highest BCUT2D eigenvalue weighted by Crippen LogP contribution is 2.26. The van der Waals surface area contributed by atoms with Gasteiger partial charge in [0.25, 0.3) is 0 Å². The molecule has 0 radical (unpaired) electrons. The number of nitrogens with one attached hydrogen (secondary N) is 2. The highest BCUT2D eigenvalue weighted by atomic mass is 32.2. The molecule has 2 atom stereocenters. The Morgan fingerprint density at radius 2 is 1.50 bits per heavy atom. The van der Waals surface area contributed by atoms with E-state index in [0.717, 1.165) is 30.0 Å². The smallest absolute Gasteiger partial charge is 0.243 e. The summed E-state index contributed by atoms with van der Waals surface area (Å²) in [6, 6.07) is 20.6. The zero-order valence-electron chi connectivity index (χ0n) is 22.6. The van der Waals surface area contributed by atoms with Crippen LogP contribution in [0.5, 0.6) is 5.75 Å². The van der Waals surface area contributed by atoms with Crippen molar-refractivity contribution in [2.45, 2.75) is 55.0 Å². The zero-order valence-corrected chi connectivity index (χ0v) is 24.2. The number of nitrogens with zero attached hydrogens (tertiary/aromatic N) is 1. The van der Waals surface area contributed by atoms with Gasteiger partial charge in [0.1, 0.15) is 5.75 Å². The van der Waals surface area contributed by atoms with Crippen LogP contribution < -0.4 is 14.8 Å². The van der Waals surface area contributed by atoms with Gasteiger partial charge in [0.15, 0.2) is 0 Å². The third-order valence-electron chi connectivity index (χ3n) is 7.09. The van der Waals surface area contributed by atoms with Gasteiger partial charge < -0.3 is 10.1 Å². The summed E-state index contributed by atoms with van der Waals surface area (Å²) in [6.07, 6.45) is 3.80. The number of methoxy groups -OCH3 is 1. The van der Waals surface area contributed by atoms with E-state index in [1.807, 2.05) is 13.0 Å². The molecule has 9 nitrogen and oxygen atoms in total. The Balaban J connectivity index is 1.56. The molecule has 3 aromatic rings. The van der Waals surface area contributed by atoms with E-state index in [0.29, 0.717) is 17.0 Å². The van der Waals surface area contributed by atoms with E-state index in [9.17, 15) is 21.6 Å². The topological polar surface area (TPSA) is 122 Å². The van der Waals surface area contributed by atoms with Crippen molar-refractivity contribution in [1.82, 2.24) is 9.03 Å². The molecular formula is C29H35N3O6S2. The summed E-state index contributed by atoms with van der Waals surface area (Å²) >= 11 is 0. The van der Waals surface area contributed by atoms with E-state index in [2.05, 4.69) is 10.0 Å². The number of hydrogen-bond acceptors (Lipinski definition) is 6. The molecule has 40 heavy (non-hydrogen) atoms. The normalized spacial score (nSPS) is 17.9. The summed E-state index contributed by atoms with van der Waals surface area (Å²) in [6.45, 7) is 1.52. The molecule has 4 rings (SSSR count). The molecule has 0 aliphatic heterocycles. The third-order valence-corrected chi connectivity index (χ3v) is 10.4. The maximum absolute atomic E-state index is 13.7. The van der Waals surface area contributed by atoms with Crippen LogP contribution in [0.1, 0.15) is 38.2 Å². The van der Waals surface area contributed by atoms with Gasteiger partial charge in [-0.2, -0.15) is 4.31 Å². The summed E-state index contributed by atoms with van der Waals surface area (Å²) in [5.41, 5.74) is 1.20. The summed E-state index contributed by atoms with van der Waals surface area (Å²) in [7, 11) is -6.46. The summed E-state index contributed by atoms with van der Waals surface area (Å²) in [4.78, 5) is 12.7. The first-order valence-electron chi connectivity index (χ1n) is 13.2. The third kappa shape index (κ3) is 7.48. The second-order valence-corrected chi connectivity index (χ2v) is 13.6. The van der Waals surface area contributed by atoms with Gasteiger partial charge in [-0.3, -0.25) is 4.79 Å². The van der Waals surface area contributed by atoms with E-state index in [1.54, 1.807) is 48.5 Å². The SMILES string of the molecule is COc1ccc(CN(CC(=O)Nc2ccccc2)S(=O)(=O)c2ccc(S(=O)(=O)N[C@@H]3CCCC[C@H]3C)cc2)cc1. The Morgan fingerprint density at radius 3 is 2.12 bits per heavy atom.